The molecule has 2 aliphatic heterocycles. The number of carbonyl (C=O) groups is 3. The van der Waals surface area contributed by atoms with Gasteiger partial charge in [0.15, 0.2) is 5.78 Å². The van der Waals surface area contributed by atoms with Crippen molar-refractivity contribution in [3.8, 4) is 6.07 Å². The molecule has 2 amide bonds. The van der Waals surface area contributed by atoms with Crippen LogP contribution in [0.2, 0.25) is 10.0 Å². The predicted molar refractivity (Wildman–Crippen MR) is 153 cm³/mol. The summed E-state index contributed by atoms with van der Waals surface area (Å²) in [5.41, 5.74) is 0.791. The first-order valence-corrected chi connectivity index (χ1v) is 14.1. The van der Waals surface area contributed by atoms with E-state index >= 15 is 0 Å². The van der Waals surface area contributed by atoms with E-state index in [2.05, 4.69) is 11.1 Å². The van der Waals surface area contributed by atoms with Crippen LogP contribution in [0, 0.1) is 17.2 Å². The van der Waals surface area contributed by atoms with Crippen LogP contribution in [-0.2, 0) is 21.5 Å². The van der Waals surface area contributed by atoms with Crippen LogP contribution in [0.5, 0.6) is 0 Å². The number of fused-ring (bicyclic) bond motifs is 1. The number of piperidine rings is 1. The molecule has 40 heavy (non-hydrogen) atoms. The standard InChI is InChI=1S/C30H29Cl2N5O3/c1-19(27(39)35-10-4-3-5-11-35)12-26(38)25-18-34-29-36(24-14-22(31)13-23(32)15-24)28(40)30(2,37(25)29)16-20-6-8-21(17-33)9-7-20/h6-9,13-15,18-19H,3-5,10-12,16H2,1-2H3/t19-,30+/m0/s1. The Kier molecular flexibility index (Phi) is 7.72. The topological polar surface area (TPSA) is 99.3 Å². The summed E-state index contributed by atoms with van der Waals surface area (Å²) in [6.07, 6.45) is 4.78. The van der Waals surface area contributed by atoms with Crippen LogP contribution in [0.25, 0.3) is 0 Å². The van der Waals surface area contributed by atoms with Crippen LogP contribution >= 0.6 is 23.2 Å². The van der Waals surface area contributed by atoms with Gasteiger partial charge in [0.1, 0.15) is 11.2 Å². The zero-order valence-electron chi connectivity index (χ0n) is 22.4. The third-order valence-corrected chi connectivity index (χ3v) is 8.14. The second-order valence-corrected chi connectivity index (χ2v) is 11.6. The van der Waals surface area contributed by atoms with Gasteiger partial charge in [-0.25, -0.2) is 9.88 Å². The van der Waals surface area contributed by atoms with Crippen LogP contribution in [0.3, 0.4) is 0 Å². The van der Waals surface area contributed by atoms with Crippen molar-refractivity contribution in [3.63, 3.8) is 0 Å². The van der Waals surface area contributed by atoms with Crippen molar-refractivity contribution in [3.05, 3.63) is 75.5 Å². The molecule has 5 rings (SSSR count). The SMILES string of the molecule is C[C@@H](CC(=O)c1cnc2n1[C@](C)(Cc1ccc(C#N)cc1)C(=O)N2c1cc(Cl)cc(Cl)c1)C(=O)N1CCCCC1. The Morgan fingerprint density at radius 3 is 2.35 bits per heavy atom. The summed E-state index contributed by atoms with van der Waals surface area (Å²) in [6, 6.07) is 13.9. The maximum atomic E-state index is 14.2. The summed E-state index contributed by atoms with van der Waals surface area (Å²) in [5, 5.41) is 9.91. The number of benzene rings is 2. The lowest BCUT2D eigenvalue weighted by molar-refractivity contribution is -0.135. The van der Waals surface area contributed by atoms with E-state index in [4.69, 9.17) is 23.2 Å². The number of aromatic nitrogens is 2. The molecule has 0 radical (unpaired) electrons. The third-order valence-electron chi connectivity index (χ3n) is 7.70. The summed E-state index contributed by atoms with van der Waals surface area (Å²) < 4.78 is 1.67. The van der Waals surface area contributed by atoms with Gasteiger partial charge in [-0.2, -0.15) is 5.26 Å². The quantitative estimate of drug-likeness (QED) is 0.324. The minimum atomic E-state index is -1.22. The molecule has 3 aromatic rings. The molecule has 2 aliphatic rings. The fraction of sp³-hybridized carbons (Fsp3) is 0.367. The van der Waals surface area contributed by atoms with Gasteiger partial charge < -0.3 is 4.90 Å². The lowest BCUT2D eigenvalue weighted by Gasteiger charge is -2.29. The van der Waals surface area contributed by atoms with Crippen LogP contribution in [-0.4, -0.2) is 45.1 Å². The van der Waals surface area contributed by atoms with Gasteiger partial charge in [0.05, 0.1) is 23.5 Å². The number of amides is 2. The Morgan fingerprint density at radius 2 is 1.73 bits per heavy atom. The summed E-state index contributed by atoms with van der Waals surface area (Å²) in [5.74, 6) is -0.814. The number of likely N-dealkylation sites (tertiary alicyclic amines) is 1. The maximum Gasteiger partial charge on any atom is 0.260 e. The minimum absolute atomic E-state index is 0.00456. The molecule has 2 atom stereocenters. The number of nitrogens with zero attached hydrogens (tertiary/aromatic N) is 5. The zero-order chi connectivity index (χ0) is 28.6. The highest BCUT2D eigenvalue weighted by molar-refractivity contribution is 6.35. The number of carbonyl (C=O) groups excluding carboxylic acids is 3. The molecule has 1 fully saturated rings. The molecular weight excluding hydrogens is 549 g/mol. The first-order valence-electron chi connectivity index (χ1n) is 13.3. The van der Waals surface area contributed by atoms with Crippen molar-refractivity contribution in [1.82, 2.24) is 14.5 Å². The summed E-state index contributed by atoms with van der Waals surface area (Å²) in [4.78, 5) is 48.7. The van der Waals surface area contributed by atoms with Gasteiger partial charge in [0.2, 0.25) is 11.9 Å². The molecule has 1 aromatic heterocycles. The zero-order valence-corrected chi connectivity index (χ0v) is 23.9. The number of Topliss-reactive ketones (excluding diaryl/α,β-unsaturated/α-hetero) is 1. The fourth-order valence-corrected chi connectivity index (χ4v) is 6.17. The van der Waals surface area contributed by atoms with Gasteiger partial charge in [-0.1, -0.05) is 42.3 Å². The number of hydrogen-bond acceptors (Lipinski definition) is 5. The van der Waals surface area contributed by atoms with Crippen molar-refractivity contribution < 1.29 is 14.4 Å². The Balaban J connectivity index is 1.52. The van der Waals surface area contributed by atoms with Crippen LogP contribution in [0.15, 0.2) is 48.7 Å². The molecule has 206 valence electrons. The molecule has 0 aliphatic carbocycles. The van der Waals surface area contributed by atoms with E-state index < -0.39 is 11.5 Å². The van der Waals surface area contributed by atoms with E-state index in [0.29, 0.717) is 34.4 Å². The van der Waals surface area contributed by atoms with Crippen LogP contribution < -0.4 is 4.90 Å². The molecule has 0 spiro atoms. The maximum absolute atomic E-state index is 14.2. The summed E-state index contributed by atoms with van der Waals surface area (Å²) in [6.45, 7) is 4.98. The van der Waals surface area contributed by atoms with Crippen molar-refractivity contribution >= 4 is 52.4 Å². The molecule has 2 aromatic carbocycles. The first-order chi connectivity index (χ1) is 19.1. The molecule has 0 bridgehead atoms. The lowest BCUT2D eigenvalue weighted by Crippen LogP contribution is -2.42. The second kappa shape index (κ2) is 11.1. The van der Waals surface area contributed by atoms with E-state index in [1.807, 2.05) is 4.90 Å². The molecule has 0 unspecified atom stereocenters. The highest BCUT2D eigenvalue weighted by Crippen LogP contribution is 2.43. The fourth-order valence-electron chi connectivity index (χ4n) is 5.66. The van der Waals surface area contributed by atoms with E-state index in [1.165, 1.54) is 11.1 Å². The molecule has 1 saturated heterocycles. The lowest BCUT2D eigenvalue weighted by atomic mass is 9.90. The van der Waals surface area contributed by atoms with Crippen molar-refractivity contribution in [2.45, 2.75) is 51.5 Å². The Hall–Kier alpha value is -3.67. The number of rotatable bonds is 7. The number of anilines is 2. The molecule has 10 heteroatoms. The molecular formula is C30H29Cl2N5O3. The summed E-state index contributed by atoms with van der Waals surface area (Å²) in [7, 11) is 0. The van der Waals surface area contributed by atoms with Crippen molar-refractivity contribution in [1.29, 1.82) is 5.26 Å². The highest BCUT2D eigenvalue weighted by Gasteiger charge is 2.51. The van der Waals surface area contributed by atoms with Crippen molar-refractivity contribution in [2.75, 3.05) is 18.0 Å². The Labute approximate surface area is 243 Å². The number of imidazole rings is 1. The van der Waals surface area contributed by atoms with Crippen LogP contribution in [0.1, 0.15) is 61.1 Å². The van der Waals surface area contributed by atoms with Crippen molar-refractivity contribution in [2.24, 2.45) is 5.92 Å². The van der Waals surface area contributed by atoms with Gasteiger partial charge in [0, 0.05) is 41.9 Å². The molecule has 0 saturated carbocycles. The van der Waals surface area contributed by atoms with Gasteiger partial charge >= 0.3 is 0 Å². The second-order valence-electron chi connectivity index (χ2n) is 10.7. The summed E-state index contributed by atoms with van der Waals surface area (Å²) >= 11 is 12.5. The molecule has 8 nitrogen and oxygen atoms in total. The van der Waals surface area contributed by atoms with E-state index in [9.17, 15) is 19.6 Å². The average Bonchev–Trinajstić information content (AvgIpc) is 3.46. The predicted octanol–water partition coefficient (Wildman–Crippen LogP) is 5.92. The Morgan fingerprint density at radius 1 is 1.07 bits per heavy atom. The number of hydrogen-bond donors (Lipinski definition) is 0. The van der Waals surface area contributed by atoms with Gasteiger partial charge in [0.25, 0.3) is 5.91 Å². The van der Waals surface area contributed by atoms with Gasteiger partial charge in [-0.15, -0.1) is 0 Å². The first kappa shape index (κ1) is 27.9. The Bertz CT molecular complexity index is 1500. The smallest absolute Gasteiger partial charge is 0.260 e. The monoisotopic (exact) mass is 577 g/mol. The number of ketones is 1. The number of halogens is 2. The van der Waals surface area contributed by atoms with Gasteiger partial charge in [-0.05, 0) is 62.1 Å². The minimum Gasteiger partial charge on any atom is -0.342 e. The highest BCUT2D eigenvalue weighted by atomic mass is 35.5. The van der Waals surface area contributed by atoms with E-state index in [-0.39, 0.29) is 42.1 Å². The number of nitriles is 1. The average molecular weight is 578 g/mol. The van der Waals surface area contributed by atoms with Gasteiger partial charge in [-0.3, -0.25) is 19.0 Å². The third kappa shape index (κ3) is 5.12. The van der Waals surface area contributed by atoms with E-state index in [1.54, 1.807) is 60.9 Å². The molecule has 0 N–H and O–H groups in total. The molecule has 3 heterocycles. The van der Waals surface area contributed by atoms with E-state index in [0.717, 1.165) is 24.8 Å². The van der Waals surface area contributed by atoms with Crippen LogP contribution in [0.4, 0.5) is 11.6 Å². The largest absolute Gasteiger partial charge is 0.342 e. The normalized spacial score (nSPS) is 19.3.